The van der Waals surface area contributed by atoms with Crippen LogP contribution in [0.2, 0.25) is 0 Å². The van der Waals surface area contributed by atoms with Gasteiger partial charge in [0.1, 0.15) is 5.82 Å². The van der Waals surface area contributed by atoms with Crippen LogP contribution in [0.4, 0.5) is 26.5 Å². The summed E-state index contributed by atoms with van der Waals surface area (Å²) in [4.78, 5) is 27.1. The van der Waals surface area contributed by atoms with E-state index < -0.39 is 23.9 Å². The van der Waals surface area contributed by atoms with Gasteiger partial charge in [-0.05, 0) is 68.9 Å². The van der Waals surface area contributed by atoms with Crippen LogP contribution >= 0.6 is 0 Å². The van der Waals surface area contributed by atoms with E-state index >= 15 is 0 Å². The predicted octanol–water partition coefficient (Wildman–Crippen LogP) is 3.53. The van der Waals surface area contributed by atoms with E-state index in [1.807, 2.05) is 32.0 Å². The number of primary amides is 1. The molecule has 0 unspecified atom stereocenters. The van der Waals surface area contributed by atoms with Crippen molar-refractivity contribution in [1.82, 2.24) is 10.3 Å². The van der Waals surface area contributed by atoms with Crippen molar-refractivity contribution in [3.63, 3.8) is 0 Å². The number of anilines is 3. The smallest absolute Gasteiger partial charge is 0.404 e. The Bertz CT molecular complexity index is 977. The minimum Gasteiger partial charge on any atom is -0.465 e. The Kier molecular flexibility index (Phi) is 6.09. The minimum absolute atomic E-state index is 0.0673. The van der Waals surface area contributed by atoms with Gasteiger partial charge in [0.05, 0.1) is 11.6 Å². The molecule has 8 nitrogen and oxygen atoms in total. The van der Waals surface area contributed by atoms with Crippen LogP contribution in [0.25, 0.3) is 0 Å². The maximum atomic E-state index is 14.7. The van der Waals surface area contributed by atoms with Crippen molar-refractivity contribution in [3.8, 4) is 0 Å². The highest BCUT2D eigenvalue weighted by Crippen LogP contribution is 2.36. The number of aryl methyl sites for hydroxylation is 2. The summed E-state index contributed by atoms with van der Waals surface area (Å²) in [5.41, 5.74) is 8.19. The third-order valence-corrected chi connectivity index (χ3v) is 5.33. The molecule has 2 atom stereocenters. The average Bonchev–Trinajstić information content (AvgIpc) is 3.48. The molecule has 160 valence electrons. The van der Waals surface area contributed by atoms with Crippen molar-refractivity contribution >= 4 is 29.3 Å². The summed E-state index contributed by atoms with van der Waals surface area (Å²) in [6, 6.07) is 5.90. The predicted molar refractivity (Wildman–Crippen MR) is 113 cm³/mol. The lowest BCUT2D eigenvalue weighted by atomic mass is 10.0. The molecule has 1 fully saturated rings. The number of rotatable bonds is 8. The molecule has 0 spiro atoms. The number of benzene rings is 1. The number of pyridine rings is 1. The molecule has 1 aliphatic rings. The number of halogens is 1. The summed E-state index contributed by atoms with van der Waals surface area (Å²) < 4.78 is 14.7. The van der Waals surface area contributed by atoms with E-state index in [-0.39, 0.29) is 29.2 Å². The maximum Gasteiger partial charge on any atom is 0.404 e. The van der Waals surface area contributed by atoms with Gasteiger partial charge in [-0.15, -0.1) is 0 Å². The number of carbonyl (C=O) groups is 2. The third-order valence-electron chi connectivity index (χ3n) is 5.33. The van der Waals surface area contributed by atoms with Crippen LogP contribution in [0.5, 0.6) is 0 Å². The van der Waals surface area contributed by atoms with Gasteiger partial charge in [-0.3, -0.25) is 4.79 Å². The van der Waals surface area contributed by atoms with E-state index in [1.165, 1.54) is 0 Å². The molecule has 0 bridgehead atoms. The average molecular weight is 415 g/mol. The lowest BCUT2D eigenvalue weighted by Gasteiger charge is -2.26. The normalized spacial score (nSPS) is 15.2. The largest absolute Gasteiger partial charge is 0.465 e. The number of hydrogen-bond donors (Lipinski definition) is 5. The Morgan fingerprint density at radius 1 is 1.20 bits per heavy atom. The molecule has 0 saturated heterocycles. The van der Waals surface area contributed by atoms with Gasteiger partial charge in [-0.25, -0.2) is 14.2 Å². The first-order valence-electron chi connectivity index (χ1n) is 9.76. The molecule has 1 aliphatic carbocycles. The Morgan fingerprint density at radius 2 is 1.90 bits per heavy atom. The van der Waals surface area contributed by atoms with Crippen LogP contribution in [-0.2, 0) is 0 Å². The van der Waals surface area contributed by atoms with Crippen molar-refractivity contribution in [1.29, 1.82) is 0 Å². The summed E-state index contributed by atoms with van der Waals surface area (Å²) in [5, 5.41) is 17.5. The van der Waals surface area contributed by atoms with Crippen LogP contribution in [-0.4, -0.2) is 34.2 Å². The first kappa shape index (κ1) is 21.4. The second-order valence-corrected chi connectivity index (χ2v) is 7.75. The summed E-state index contributed by atoms with van der Waals surface area (Å²) in [6.07, 6.45) is 0.681. The van der Waals surface area contributed by atoms with Crippen molar-refractivity contribution < 1.29 is 19.1 Å². The number of carbonyl (C=O) groups excluding carboxylic acids is 1. The number of nitrogens with two attached hydrogens (primary N) is 1. The first-order chi connectivity index (χ1) is 14.2. The molecule has 30 heavy (non-hydrogen) atoms. The third kappa shape index (κ3) is 4.97. The molecule has 1 aromatic heterocycles. The number of amides is 2. The highest BCUT2D eigenvalue weighted by molar-refractivity contribution is 5.98. The molecule has 3 rings (SSSR count). The van der Waals surface area contributed by atoms with Gasteiger partial charge in [-0.1, -0.05) is 6.07 Å². The van der Waals surface area contributed by atoms with Crippen molar-refractivity contribution in [2.45, 2.75) is 45.7 Å². The lowest BCUT2D eigenvalue weighted by Crippen LogP contribution is -2.45. The fourth-order valence-corrected chi connectivity index (χ4v) is 3.38. The molecule has 0 radical (unpaired) electrons. The van der Waals surface area contributed by atoms with Crippen molar-refractivity contribution in [3.05, 3.63) is 46.8 Å². The van der Waals surface area contributed by atoms with Crippen LogP contribution in [0.3, 0.4) is 0 Å². The minimum atomic E-state index is -1.15. The highest BCUT2D eigenvalue weighted by Gasteiger charge is 2.36. The zero-order valence-corrected chi connectivity index (χ0v) is 17.1. The fourth-order valence-electron chi connectivity index (χ4n) is 3.38. The van der Waals surface area contributed by atoms with Gasteiger partial charge in [0.25, 0.3) is 5.91 Å². The Balaban J connectivity index is 1.92. The van der Waals surface area contributed by atoms with E-state index in [0.717, 1.165) is 30.0 Å². The standard InChI is InChI=1S/C21H26FN5O3/c1-10-4-7-14(8-11(10)2)25-19-15(18(23)28)9-16(22)20(27-19)26-17(13-5-6-13)12(3)24-21(29)30/h4,7-9,12-13,17,24H,5-6H2,1-3H3,(H2,23,28)(H,29,30)(H2,25,26,27)/t12-,17-/m0/s1. The molecule has 1 saturated carbocycles. The molecular weight excluding hydrogens is 389 g/mol. The fraction of sp³-hybridized carbons (Fsp3) is 0.381. The Morgan fingerprint density at radius 3 is 2.47 bits per heavy atom. The summed E-state index contributed by atoms with van der Waals surface area (Å²) in [7, 11) is 0. The topological polar surface area (TPSA) is 129 Å². The number of aromatic nitrogens is 1. The second-order valence-electron chi connectivity index (χ2n) is 7.75. The Hall–Kier alpha value is -3.36. The van der Waals surface area contributed by atoms with Crippen LogP contribution in [0, 0.1) is 25.6 Å². The number of hydrogen-bond acceptors (Lipinski definition) is 5. The summed E-state index contributed by atoms with van der Waals surface area (Å²) >= 11 is 0. The van der Waals surface area contributed by atoms with Crippen molar-refractivity contribution in [2.24, 2.45) is 11.7 Å². The van der Waals surface area contributed by atoms with Crippen LogP contribution < -0.4 is 21.7 Å². The van der Waals surface area contributed by atoms with E-state index in [1.54, 1.807) is 6.92 Å². The molecule has 9 heteroatoms. The van der Waals surface area contributed by atoms with Gasteiger partial charge >= 0.3 is 6.09 Å². The molecule has 1 heterocycles. The van der Waals surface area contributed by atoms with E-state index in [0.29, 0.717) is 5.69 Å². The van der Waals surface area contributed by atoms with E-state index in [2.05, 4.69) is 20.9 Å². The van der Waals surface area contributed by atoms with Gasteiger partial charge in [0.2, 0.25) is 0 Å². The quantitative estimate of drug-likeness (QED) is 0.449. The second kappa shape index (κ2) is 8.56. The van der Waals surface area contributed by atoms with Gasteiger partial charge in [0.15, 0.2) is 11.6 Å². The highest BCUT2D eigenvalue weighted by atomic mass is 19.1. The lowest BCUT2D eigenvalue weighted by molar-refractivity contribution is 0.100. The maximum absolute atomic E-state index is 14.7. The Labute approximate surface area is 174 Å². The van der Waals surface area contributed by atoms with Gasteiger partial charge < -0.3 is 26.8 Å². The van der Waals surface area contributed by atoms with Crippen molar-refractivity contribution in [2.75, 3.05) is 10.6 Å². The first-order valence-corrected chi connectivity index (χ1v) is 9.76. The molecular formula is C21H26FN5O3. The van der Waals surface area contributed by atoms with Crippen LogP contribution in [0.1, 0.15) is 41.3 Å². The molecule has 0 aliphatic heterocycles. The summed E-state index contributed by atoms with van der Waals surface area (Å²) in [6.45, 7) is 5.65. The zero-order chi connectivity index (χ0) is 22.0. The zero-order valence-electron chi connectivity index (χ0n) is 17.1. The van der Waals surface area contributed by atoms with E-state index in [9.17, 15) is 14.0 Å². The number of nitrogens with zero attached hydrogens (tertiary/aromatic N) is 1. The number of nitrogens with one attached hydrogen (secondary N) is 3. The van der Waals surface area contributed by atoms with Gasteiger partial charge in [0, 0.05) is 11.7 Å². The molecule has 6 N–H and O–H groups in total. The number of carboxylic acid groups (broad SMARTS) is 1. The van der Waals surface area contributed by atoms with Gasteiger partial charge in [-0.2, -0.15) is 0 Å². The SMILES string of the molecule is Cc1ccc(Nc2nc(N[C@H](C3CC3)[C@H](C)NC(=O)O)c(F)cc2C(N)=O)cc1C. The molecule has 1 aromatic carbocycles. The monoisotopic (exact) mass is 415 g/mol. The molecule has 2 amide bonds. The van der Waals surface area contributed by atoms with E-state index in [4.69, 9.17) is 10.8 Å². The summed E-state index contributed by atoms with van der Waals surface area (Å²) in [5.74, 6) is -1.27. The molecule has 2 aromatic rings. The van der Waals surface area contributed by atoms with Crippen LogP contribution in [0.15, 0.2) is 24.3 Å².